The molecule has 0 spiro atoms. The van der Waals surface area contributed by atoms with Crippen LogP contribution in [0.2, 0.25) is 0 Å². The summed E-state index contributed by atoms with van der Waals surface area (Å²) in [7, 11) is 0. The molecule has 1 aliphatic carbocycles. The van der Waals surface area contributed by atoms with Crippen molar-refractivity contribution in [2.75, 3.05) is 26.2 Å². The maximum atomic E-state index is 12.6. The molecule has 3 N–H and O–H groups in total. The molecular formula is C21H33N3O2. The average molecular weight is 360 g/mol. The molecule has 0 unspecified atom stereocenters. The van der Waals surface area contributed by atoms with Crippen molar-refractivity contribution in [1.82, 2.24) is 9.80 Å². The summed E-state index contributed by atoms with van der Waals surface area (Å²) in [4.78, 5) is 17.0. The van der Waals surface area contributed by atoms with E-state index in [9.17, 15) is 9.90 Å². The summed E-state index contributed by atoms with van der Waals surface area (Å²) >= 11 is 0. The van der Waals surface area contributed by atoms with Gasteiger partial charge in [-0.15, -0.1) is 0 Å². The Balaban J connectivity index is 1.49. The van der Waals surface area contributed by atoms with Crippen LogP contribution in [0.15, 0.2) is 24.3 Å². The zero-order valence-electron chi connectivity index (χ0n) is 16.3. The second-order valence-corrected chi connectivity index (χ2v) is 8.95. The van der Waals surface area contributed by atoms with Crippen molar-refractivity contribution in [3.05, 3.63) is 35.4 Å². The Morgan fingerprint density at radius 3 is 2.23 bits per heavy atom. The molecule has 0 bridgehead atoms. The van der Waals surface area contributed by atoms with Crippen LogP contribution in [0.25, 0.3) is 0 Å². The van der Waals surface area contributed by atoms with Crippen molar-refractivity contribution < 1.29 is 9.90 Å². The van der Waals surface area contributed by atoms with E-state index in [0.717, 1.165) is 32.7 Å². The van der Waals surface area contributed by atoms with E-state index in [1.807, 2.05) is 4.90 Å². The van der Waals surface area contributed by atoms with Crippen molar-refractivity contribution >= 4 is 5.91 Å². The number of benzene rings is 1. The Bertz CT molecular complexity index is 605. The molecule has 0 radical (unpaired) electrons. The Hall–Kier alpha value is -1.43. The summed E-state index contributed by atoms with van der Waals surface area (Å²) in [6.45, 7) is 10.9. The van der Waals surface area contributed by atoms with E-state index in [1.54, 1.807) is 0 Å². The van der Waals surface area contributed by atoms with Crippen LogP contribution < -0.4 is 5.73 Å². The summed E-state index contributed by atoms with van der Waals surface area (Å²) in [5.41, 5.74) is 8.71. The number of nitrogens with two attached hydrogens (primary N) is 1. The predicted molar refractivity (Wildman–Crippen MR) is 104 cm³/mol. The minimum Gasteiger partial charge on any atom is -0.391 e. The minimum atomic E-state index is -0.527. The fraction of sp³-hybridized carbons (Fsp3) is 0.667. The Morgan fingerprint density at radius 1 is 1.12 bits per heavy atom. The molecule has 1 saturated carbocycles. The lowest BCUT2D eigenvalue weighted by atomic mass is 9.87. The third-order valence-electron chi connectivity index (χ3n) is 5.84. The van der Waals surface area contributed by atoms with Gasteiger partial charge in [0.15, 0.2) is 0 Å². The number of carbonyl (C=O) groups excluding carboxylic acids is 1. The van der Waals surface area contributed by atoms with Gasteiger partial charge in [0, 0.05) is 44.7 Å². The molecule has 3 rings (SSSR count). The van der Waals surface area contributed by atoms with Crippen LogP contribution >= 0.6 is 0 Å². The van der Waals surface area contributed by atoms with E-state index in [2.05, 4.69) is 49.9 Å². The number of amides is 1. The highest BCUT2D eigenvalue weighted by molar-refractivity contribution is 5.79. The third-order valence-corrected chi connectivity index (χ3v) is 5.84. The normalized spacial score (nSPS) is 27.7. The van der Waals surface area contributed by atoms with Crippen LogP contribution in [0.4, 0.5) is 0 Å². The topological polar surface area (TPSA) is 69.8 Å². The van der Waals surface area contributed by atoms with Crippen LogP contribution in [-0.4, -0.2) is 59.1 Å². The summed E-state index contributed by atoms with van der Waals surface area (Å²) in [6.07, 6.45) is 0.599. The molecular weight excluding hydrogens is 326 g/mol. The fourth-order valence-electron chi connectivity index (χ4n) is 4.00. The van der Waals surface area contributed by atoms with Gasteiger partial charge in [-0.05, 0) is 29.4 Å². The molecule has 2 aliphatic rings. The van der Waals surface area contributed by atoms with Crippen molar-refractivity contribution in [2.24, 2.45) is 11.7 Å². The number of carbonyl (C=O) groups is 1. The van der Waals surface area contributed by atoms with Gasteiger partial charge in [0.2, 0.25) is 5.91 Å². The van der Waals surface area contributed by atoms with E-state index >= 15 is 0 Å². The SMILES string of the molecule is CC(C)(C)c1ccc(CN2CCN(C(=O)[C@H]3C[C@@H](N)[C@H](O)C3)CC2)cc1. The van der Waals surface area contributed by atoms with E-state index in [4.69, 9.17) is 5.73 Å². The molecule has 26 heavy (non-hydrogen) atoms. The molecule has 2 fully saturated rings. The monoisotopic (exact) mass is 359 g/mol. The molecule has 5 nitrogen and oxygen atoms in total. The summed E-state index contributed by atoms with van der Waals surface area (Å²) in [5.74, 6) is 0.0719. The molecule has 1 saturated heterocycles. The van der Waals surface area contributed by atoms with Gasteiger partial charge in [-0.1, -0.05) is 45.0 Å². The van der Waals surface area contributed by atoms with Crippen molar-refractivity contribution in [3.63, 3.8) is 0 Å². The Morgan fingerprint density at radius 2 is 1.73 bits per heavy atom. The van der Waals surface area contributed by atoms with E-state index < -0.39 is 6.10 Å². The molecule has 3 atom stereocenters. The smallest absolute Gasteiger partial charge is 0.225 e. The van der Waals surface area contributed by atoms with Crippen LogP contribution in [-0.2, 0) is 16.8 Å². The summed E-state index contributed by atoms with van der Waals surface area (Å²) < 4.78 is 0. The molecule has 0 aromatic heterocycles. The Labute approximate surface area is 157 Å². The number of piperazine rings is 1. The lowest BCUT2D eigenvalue weighted by Crippen LogP contribution is -2.49. The Kier molecular flexibility index (Phi) is 5.70. The predicted octanol–water partition coefficient (Wildman–Crippen LogP) is 1.73. The van der Waals surface area contributed by atoms with Gasteiger partial charge in [0.25, 0.3) is 0 Å². The minimum absolute atomic E-state index is 0.100. The largest absolute Gasteiger partial charge is 0.391 e. The average Bonchev–Trinajstić information content (AvgIpc) is 2.94. The van der Waals surface area contributed by atoms with Gasteiger partial charge in [0.05, 0.1) is 6.10 Å². The molecule has 1 aromatic carbocycles. The second kappa shape index (κ2) is 7.67. The molecule has 1 aromatic rings. The number of nitrogens with zero attached hydrogens (tertiary/aromatic N) is 2. The molecule has 144 valence electrons. The lowest BCUT2D eigenvalue weighted by molar-refractivity contribution is -0.137. The van der Waals surface area contributed by atoms with Crippen LogP contribution in [0.1, 0.15) is 44.7 Å². The van der Waals surface area contributed by atoms with Gasteiger partial charge < -0.3 is 15.7 Å². The van der Waals surface area contributed by atoms with Gasteiger partial charge in [-0.2, -0.15) is 0 Å². The first-order valence-electron chi connectivity index (χ1n) is 9.78. The summed E-state index contributed by atoms with van der Waals surface area (Å²) in [6, 6.07) is 8.65. The fourth-order valence-corrected chi connectivity index (χ4v) is 4.00. The van der Waals surface area contributed by atoms with E-state index in [-0.39, 0.29) is 23.3 Å². The van der Waals surface area contributed by atoms with Crippen molar-refractivity contribution in [3.8, 4) is 0 Å². The summed E-state index contributed by atoms with van der Waals surface area (Å²) in [5, 5.41) is 9.79. The number of hydrogen-bond donors (Lipinski definition) is 2. The third kappa shape index (κ3) is 4.45. The van der Waals surface area contributed by atoms with E-state index in [1.165, 1.54) is 11.1 Å². The molecule has 5 heteroatoms. The highest BCUT2D eigenvalue weighted by atomic mass is 16.3. The standard InChI is InChI=1S/C21H33N3O2/c1-21(2,3)17-6-4-15(5-7-17)14-23-8-10-24(11-9-23)20(26)16-12-18(22)19(25)13-16/h4-7,16,18-19,25H,8-14,22H2,1-3H3/t16-,18+,19+/m0/s1. The maximum Gasteiger partial charge on any atom is 0.225 e. The first-order chi connectivity index (χ1) is 12.2. The lowest BCUT2D eigenvalue weighted by Gasteiger charge is -2.36. The van der Waals surface area contributed by atoms with Crippen LogP contribution in [0, 0.1) is 5.92 Å². The van der Waals surface area contributed by atoms with Gasteiger partial charge >= 0.3 is 0 Å². The highest BCUT2D eigenvalue weighted by Gasteiger charge is 2.37. The zero-order valence-corrected chi connectivity index (χ0v) is 16.3. The number of hydrogen-bond acceptors (Lipinski definition) is 4. The number of aliphatic hydroxyl groups is 1. The quantitative estimate of drug-likeness (QED) is 0.862. The van der Waals surface area contributed by atoms with Gasteiger partial charge in [0.1, 0.15) is 0 Å². The van der Waals surface area contributed by atoms with Gasteiger partial charge in [-0.3, -0.25) is 9.69 Å². The van der Waals surface area contributed by atoms with E-state index in [0.29, 0.717) is 12.8 Å². The van der Waals surface area contributed by atoms with Gasteiger partial charge in [-0.25, -0.2) is 0 Å². The van der Waals surface area contributed by atoms with Crippen LogP contribution in [0.3, 0.4) is 0 Å². The first-order valence-corrected chi connectivity index (χ1v) is 9.78. The molecule has 1 amide bonds. The number of rotatable bonds is 3. The van der Waals surface area contributed by atoms with Crippen LogP contribution in [0.5, 0.6) is 0 Å². The van der Waals surface area contributed by atoms with Crippen molar-refractivity contribution in [1.29, 1.82) is 0 Å². The van der Waals surface area contributed by atoms with Crippen molar-refractivity contribution in [2.45, 2.75) is 57.7 Å². The molecule has 1 aliphatic heterocycles. The number of aliphatic hydroxyl groups excluding tert-OH is 1. The zero-order chi connectivity index (χ0) is 18.9. The second-order valence-electron chi connectivity index (χ2n) is 8.95. The first kappa shape index (κ1) is 19.3. The maximum absolute atomic E-state index is 12.6. The highest BCUT2D eigenvalue weighted by Crippen LogP contribution is 2.27. The molecule has 1 heterocycles.